The van der Waals surface area contributed by atoms with E-state index in [2.05, 4.69) is 28.9 Å². The summed E-state index contributed by atoms with van der Waals surface area (Å²) in [4.78, 5) is 6.50. The second kappa shape index (κ2) is 4.05. The fourth-order valence-corrected chi connectivity index (χ4v) is 2.13. The number of aromatic nitrogens is 2. The van der Waals surface area contributed by atoms with E-state index in [0.29, 0.717) is 17.3 Å². The summed E-state index contributed by atoms with van der Waals surface area (Å²) in [7, 11) is 0. The highest BCUT2D eigenvalue weighted by Gasteiger charge is 2.28. The second-order valence-corrected chi connectivity index (χ2v) is 5.41. The molecule has 2 rings (SSSR count). The Bertz CT molecular complexity index is 359. The topological polar surface area (TPSA) is 68.2 Å². The van der Waals surface area contributed by atoms with Crippen molar-refractivity contribution < 1.29 is 4.52 Å². The first-order valence-electron chi connectivity index (χ1n) is 5.82. The largest absolute Gasteiger partial charge is 0.338 e. The zero-order chi connectivity index (χ0) is 11.8. The summed E-state index contributed by atoms with van der Waals surface area (Å²) in [5.74, 6) is 1.19. The van der Waals surface area contributed by atoms with E-state index in [1.807, 2.05) is 6.92 Å². The smallest absolute Gasteiger partial charge is 0.266 e. The van der Waals surface area contributed by atoms with Crippen molar-refractivity contribution in [3.63, 3.8) is 0 Å². The van der Waals surface area contributed by atoms with Crippen molar-refractivity contribution in [1.82, 2.24) is 10.1 Å². The molecule has 2 heterocycles. The highest BCUT2D eigenvalue weighted by molar-refractivity contribution is 5.29. The number of nitrogens with zero attached hydrogens (tertiary/aromatic N) is 3. The molecule has 16 heavy (non-hydrogen) atoms. The average Bonchev–Trinajstić information content (AvgIpc) is 2.64. The monoisotopic (exact) mass is 224 g/mol. The molecule has 1 saturated heterocycles. The lowest BCUT2D eigenvalue weighted by Crippen LogP contribution is -2.40. The molecule has 1 aromatic heterocycles. The van der Waals surface area contributed by atoms with Gasteiger partial charge >= 0.3 is 0 Å². The van der Waals surface area contributed by atoms with Crippen LogP contribution in [0.4, 0.5) is 5.95 Å². The summed E-state index contributed by atoms with van der Waals surface area (Å²) in [6.45, 7) is 8.36. The molecule has 2 N–H and O–H groups in total. The molecule has 0 saturated carbocycles. The lowest BCUT2D eigenvalue weighted by Gasteiger charge is -2.37. The summed E-state index contributed by atoms with van der Waals surface area (Å²) in [5.41, 5.74) is 6.02. The SMILES string of the molecule is C[C@H](N)c1nc(N2CCCC(C)(C)C2)no1. The first-order chi connectivity index (χ1) is 7.48. The van der Waals surface area contributed by atoms with Gasteiger partial charge in [-0.15, -0.1) is 0 Å². The molecule has 0 amide bonds. The Labute approximate surface area is 96.0 Å². The summed E-state index contributed by atoms with van der Waals surface area (Å²) in [6.07, 6.45) is 2.43. The quantitative estimate of drug-likeness (QED) is 0.828. The molecule has 0 spiro atoms. The third-order valence-corrected chi connectivity index (χ3v) is 3.00. The van der Waals surface area contributed by atoms with E-state index in [0.717, 1.165) is 13.1 Å². The third kappa shape index (κ3) is 2.35. The lowest BCUT2D eigenvalue weighted by atomic mass is 9.84. The molecule has 0 aromatic carbocycles. The van der Waals surface area contributed by atoms with Gasteiger partial charge in [0.2, 0.25) is 5.89 Å². The Kier molecular flexibility index (Phi) is 2.88. The number of anilines is 1. The predicted molar refractivity (Wildman–Crippen MR) is 62.1 cm³/mol. The number of nitrogens with two attached hydrogens (primary N) is 1. The number of piperidine rings is 1. The van der Waals surface area contributed by atoms with E-state index in [1.165, 1.54) is 12.8 Å². The van der Waals surface area contributed by atoms with Crippen LogP contribution in [0, 0.1) is 5.41 Å². The van der Waals surface area contributed by atoms with Gasteiger partial charge in [-0.3, -0.25) is 0 Å². The van der Waals surface area contributed by atoms with Crippen molar-refractivity contribution >= 4 is 5.95 Å². The zero-order valence-electron chi connectivity index (χ0n) is 10.2. The Morgan fingerprint density at radius 2 is 2.25 bits per heavy atom. The summed E-state index contributed by atoms with van der Waals surface area (Å²) >= 11 is 0. The van der Waals surface area contributed by atoms with Crippen molar-refractivity contribution in [2.75, 3.05) is 18.0 Å². The molecule has 1 atom stereocenters. The molecule has 1 aromatic rings. The molecule has 0 unspecified atom stereocenters. The molecule has 5 heteroatoms. The van der Waals surface area contributed by atoms with Crippen LogP contribution in [0.3, 0.4) is 0 Å². The highest BCUT2D eigenvalue weighted by atomic mass is 16.5. The van der Waals surface area contributed by atoms with Gasteiger partial charge < -0.3 is 15.2 Å². The average molecular weight is 224 g/mol. The maximum Gasteiger partial charge on any atom is 0.266 e. The lowest BCUT2D eigenvalue weighted by molar-refractivity contribution is 0.288. The van der Waals surface area contributed by atoms with Crippen LogP contribution in [0.2, 0.25) is 0 Å². The third-order valence-electron chi connectivity index (χ3n) is 3.00. The minimum Gasteiger partial charge on any atom is -0.338 e. The minimum absolute atomic E-state index is 0.195. The van der Waals surface area contributed by atoms with Gasteiger partial charge in [0.1, 0.15) is 0 Å². The maximum absolute atomic E-state index is 5.70. The van der Waals surface area contributed by atoms with Crippen molar-refractivity contribution in [2.45, 2.75) is 39.7 Å². The van der Waals surface area contributed by atoms with Crippen molar-refractivity contribution in [2.24, 2.45) is 11.1 Å². The number of hydrogen-bond donors (Lipinski definition) is 1. The van der Waals surface area contributed by atoms with Crippen molar-refractivity contribution in [3.05, 3.63) is 5.89 Å². The van der Waals surface area contributed by atoms with Crippen LogP contribution < -0.4 is 10.6 Å². The molecule has 1 aliphatic rings. The molecular formula is C11H20N4O. The molecular weight excluding hydrogens is 204 g/mol. The summed E-state index contributed by atoms with van der Waals surface area (Å²) < 4.78 is 5.12. The fraction of sp³-hybridized carbons (Fsp3) is 0.818. The van der Waals surface area contributed by atoms with E-state index >= 15 is 0 Å². The van der Waals surface area contributed by atoms with Gasteiger partial charge in [0.25, 0.3) is 5.95 Å². The van der Waals surface area contributed by atoms with Crippen LogP contribution in [0.5, 0.6) is 0 Å². The molecule has 90 valence electrons. The minimum atomic E-state index is -0.195. The zero-order valence-corrected chi connectivity index (χ0v) is 10.2. The van der Waals surface area contributed by atoms with Crippen LogP contribution in [-0.4, -0.2) is 23.2 Å². The van der Waals surface area contributed by atoms with Gasteiger partial charge in [-0.05, 0) is 30.3 Å². The van der Waals surface area contributed by atoms with Crippen LogP contribution in [0.1, 0.15) is 45.5 Å². The van der Waals surface area contributed by atoms with Gasteiger partial charge in [0.15, 0.2) is 0 Å². The number of rotatable bonds is 2. The first kappa shape index (κ1) is 11.4. The Hall–Kier alpha value is -1.10. The van der Waals surface area contributed by atoms with E-state index < -0.39 is 0 Å². The van der Waals surface area contributed by atoms with E-state index in [9.17, 15) is 0 Å². The maximum atomic E-state index is 5.70. The van der Waals surface area contributed by atoms with E-state index in [4.69, 9.17) is 10.3 Å². The molecule has 1 fully saturated rings. The molecule has 5 nitrogen and oxygen atoms in total. The van der Waals surface area contributed by atoms with Gasteiger partial charge in [-0.1, -0.05) is 13.8 Å². The molecule has 0 radical (unpaired) electrons. The molecule has 0 aliphatic carbocycles. The van der Waals surface area contributed by atoms with Crippen LogP contribution in [0.25, 0.3) is 0 Å². The van der Waals surface area contributed by atoms with Crippen LogP contribution in [0.15, 0.2) is 4.52 Å². The molecule has 0 bridgehead atoms. The Balaban J connectivity index is 2.11. The highest BCUT2D eigenvalue weighted by Crippen LogP contribution is 2.30. The molecule has 1 aliphatic heterocycles. The first-order valence-corrected chi connectivity index (χ1v) is 5.82. The predicted octanol–water partition coefficient (Wildman–Crippen LogP) is 1.72. The van der Waals surface area contributed by atoms with E-state index in [-0.39, 0.29) is 6.04 Å². The van der Waals surface area contributed by atoms with Gasteiger partial charge in [0.05, 0.1) is 6.04 Å². The Morgan fingerprint density at radius 3 is 2.81 bits per heavy atom. The van der Waals surface area contributed by atoms with Crippen LogP contribution >= 0.6 is 0 Å². The van der Waals surface area contributed by atoms with Gasteiger partial charge in [0, 0.05) is 13.1 Å². The van der Waals surface area contributed by atoms with E-state index in [1.54, 1.807) is 0 Å². The van der Waals surface area contributed by atoms with Gasteiger partial charge in [-0.25, -0.2) is 0 Å². The summed E-state index contributed by atoms with van der Waals surface area (Å²) in [5, 5.41) is 3.99. The number of hydrogen-bond acceptors (Lipinski definition) is 5. The normalized spacial score (nSPS) is 22.1. The van der Waals surface area contributed by atoms with Gasteiger partial charge in [-0.2, -0.15) is 4.98 Å². The summed E-state index contributed by atoms with van der Waals surface area (Å²) in [6, 6.07) is -0.195. The van der Waals surface area contributed by atoms with Crippen molar-refractivity contribution in [3.8, 4) is 0 Å². The van der Waals surface area contributed by atoms with Crippen molar-refractivity contribution in [1.29, 1.82) is 0 Å². The fourth-order valence-electron chi connectivity index (χ4n) is 2.13. The Morgan fingerprint density at radius 1 is 1.50 bits per heavy atom. The standard InChI is InChI=1S/C11H20N4O/c1-8(12)9-13-10(14-16-9)15-6-4-5-11(2,3)7-15/h8H,4-7,12H2,1-3H3/t8-/m0/s1. The second-order valence-electron chi connectivity index (χ2n) is 5.41. The van der Waals surface area contributed by atoms with Crippen LogP contribution in [-0.2, 0) is 0 Å².